The Balaban J connectivity index is 2.47. The maximum atomic E-state index is 13.0. The third-order valence-electron chi connectivity index (χ3n) is 3.01. The van der Waals surface area contributed by atoms with Gasteiger partial charge in [0.1, 0.15) is 5.82 Å². The molecule has 0 aliphatic heterocycles. The van der Waals surface area contributed by atoms with Crippen molar-refractivity contribution in [3.8, 4) is 0 Å². The maximum absolute atomic E-state index is 13.0. The highest BCUT2D eigenvalue weighted by Crippen LogP contribution is 2.31. The Labute approximate surface area is 121 Å². The molecular weight excluding hydrogens is 307 g/mol. The molecule has 0 spiro atoms. The van der Waals surface area contributed by atoms with E-state index in [0.717, 1.165) is 28.0 Å². The fourth-order valence-electron chi connectivity index (χ4n) is 2.07. The van der Waals surface area contributed by atoms with E-state index in [1.165, 1.54) is 12.1 Å². The smallest absolute Gasteiger partial charge is 0.123 e. The molecule has 0 saturated carbocycles. The van der Waals surface area contributed by atoms with Crippen LogP contribution < -0.4 is 10.6 Å². The first-order chi connectivity index (χ1) is 9.15. The Morgan fingerprint density at radius 2 is 1.84 bits per heavy atom. The molecule has 0 amide bonds. The molecule has 2 rings (SSSR count). The average molecular weight is 323 g/mol. The zero-order valence-electron chi connectivity index (χ0n) is 10.7. The van der Waals surface area contributed by atoms with Gasteiger partial charge in [0.2, 0.25) is 0 Å². The number of rotatable bonds is 4. The largest absolute Gasteiger partial charge is 0.341 e. The summed E-state index contributed by atoms with van der Waals surface area (Å²) in [5.41, 5.74) is 8.86. The molecule has 2 aromatic carbocycles. The van der Waals surface area contributed by atoms with Gasteiger partial charge in [-0.05, 0) is 48.9 Å². The van der Waals surface area contributed by atoms with Gasteiger partial charge in [0, 0.05) is 28.9 Å². The van der Waals surface area contributed by atoms with Crippen LogP contribution in [0.15, 0.2) is 46.9 Å². The summed E-state index contributed by atoms with van der Waals surface area (Å²) in [4.78, 5) is 2.12. The van der Waals surface area contributed by atoms with Crippen LogP contribution in [0.2, 0.25) is 0 Å². The standard InChI is InChI=1S/C15H16BrFN2/c1-2-19(14-7-5-13(17)6-8-14)15-9-12(16)4-3-11(15)10-18/h3-9H,2,10,18H2,1H3. The van der Waals surface area contributed by atoms with Crippen molar-refractivity contribution in [3.05, 3.63) is 58.3 Å². The van der Waals surface area contributed by atoms with E-state index < -0.39 is 0 Å². The molecule has 0 aromatic heterocycles. The molecule has 2 aromatic rings. The molecular formula is C15H16BrFN2. The Bertz CT molecular complexity index is 555. The van der Waals surface area contributed by atoms with E-state index in [0.29, 0.717) is 6.54 Å². The van der Waals surface area contributed by atoms with E-state index in [4.69, 9.17) is 5.73 Å². The van der Waals surface area contributed by atoms with Crippen LogP contribution in [-0.4, -0.2) is 6.54 Å². The first kappa shape index (κ1) is 14.0. The first-order valence-electron chi connectivity index (χ1n) is 6.17. The van der Waals surface area contributed by atoms with Gasteiger partial charge in [-0.1, -0.05) is 22.0 Å². The number of anilines is 2. The van der Waals surface area contributed by atoms with E-state index in [9.17, 15) is 4.39 Å². The van der Waals surface area contributed by atoms with Crippen molar-refractivity contribution in [2.45, 2.75) is 13.5 Å². The normalized spacial score (nSPS) is 10.5. The number of nitrogens with zero attached hydrogens (tertiary/aromatic N) is 1. The monoisotopic (exact) mass is 322 g/mol. The molecule has 19 heavy (non-hydrogen) atoms. The SMILES string of the molecule is CCN(c1ccc(F)cc1)c1cc(Br)ccc1CN. The van der Waals surface area contributed by atoms with Crippen molar-refractivity contribution in [2.24, 2.45) is 5.73 Å². The molecule has 0 atom stereocenters. The molecule has 0 aliphatic rings. The highest BCUT2D eigenvalue weighted by atomic mass is 79.9. The van der Waals surface area contributed by atoms with Gasteiger partial charge in [0.25, 0.3) is 0 Å². The van der Waals surface area contributed by atoms with Gasteiger partial charge in [-0.15, -0.1) is 0 Å². The number of benzene rings is 2. The van der Waals surface area contributed by atoms with Crippen LogP contribution in [0.4, 0.5) is 15.8 Å². The lowest BCUT2D eigenvalue weighted by Crippen LogP contribution is -2.18. The first-order valence-corrected chi connectivity index (χ1v) is 6.96. The molecule has 0 heterocycles. The van der Waals surface area contributed by atoms with Gasteiger partial charge in [-0.3, -0.25) is 0 Å². The zero-order valence-corrected chi connectivity index (χ0v) is 12.3. The molecule has 0 aliphatic carbocycles. The minimum absolute atomic E-state index is 0.229. The third-order valence-corrected chi connectivity index (χ3v) is 3.51. The highest BCUT2D eigenvalue weighted by Gasteiger charge is 2.11. The van der Waals surface area contributed by atoms with Crippen LogP contribution in [0, 0.1) is 5.82 Å². The number of halogens is 2. The molecule has 0 bridgehead atoms. The quantitative estimate of drug-likeness (QED) is 0.913. The minimum atomic E-state index is -0.229. The van der Waals surface area contributed by atoms with Crippen LogP contribution in [0.3, 0.4) is 0 Å². The van der Waals surface area contributed by atoms with Gasteiger partial charge in [-0.25, -0.2) is 4.39 Å². The van der Waals surface area contributed by atoms with Gasteiger partial charge >= 0.3 is 0 Å². The molecule has 100 valence electrons. The third kappa shape index (κ3) is 3.14. The van der Waals surface area contributed by atoms with Crippen LogP contribution >= 0.6 is 15.9 Å². The topological polar surface area (TPSA) is 29.3 Å². The van der Waals surface area contributed by atoms with Crippen molar-refractivity contribution >= 4 is 27.3 Å². The van der Waals surface area contributed by atoms with E-state index in [-0.39, 0.29) is 5.82 Å². The second-order valence-corrected chi connectivity index (χ2v) is 5.11. The summed E-state index contributed by atoms with van der Waals surface area (Å²) in [6.07, 6.45) is 0. The summed E-state index contributed by atoms with van der Waals surface area (Å²) < 4.78 is 14.0. The Morgan fingerprint density at radius 3 is 2.42 bits per heavy atom. The lowest BCUT2D eigenvalue weighted by atomic mass is 10.1. The Morgan fingerprint density at radius 1 is 1.16 bits per heavy atom. The van der Waals surface area contributed by atoms with E-state index in [1.807, 2.05) is 18.2 Å². The molecule has 4 heteroatoms. The summed E-state index contributed by atoms with van der Waals surface area (Å²) in [7, 11) is 0. The maximum Gasteiger partial charge on any atom is 0.123 e. The predicted molar refractivity (Wildman–Crippen MR) is 81.1 cm³/mol. The average Bonchev–Trinajstić information content (AvgIpc) is 2.42. The van der Waals surface area contributed by atoms with E-state index in [1.54, 1.807) is 12.1 Å². The summed E-state index contributed by atoms with van der Waals surface area (Å²) in [5, 5.41) is 0. The molecule has 0 radical (unpaired) electrons. The lowest BCUT2D eigenvalue weighted by Gasteiger charge is -2.26. The Kier molecular flexibility index (Phi) is 4.56. The molecule has 2 N–H and O–H groups in total. The van der Waals surface area contributed by atoms with Crippen molar-refractivity contribution in [1.82, 2.24) is 0 Å². The van der Waals surface area contributed by atoms with Gasteiger partial charge in [0.15, 0.2) is 0 Å². The van der Waals surface area contributed by atoms with Crippen molar-refractivity contribution in [2.75, 3.05) is 11.4 Å². The minimum Gasteiger partial charge on any atom is -0.341 e. The van der Waals surface area contributed by atoms with E-state index in [2.05, 4.69) is 27.8 Å². The second kappa shape index (κ2) is 6.17. The van der Waals surface area contributed by atoms with Gasteiger partial charge in [-0.2, -0.15) is 0 Å². The van der Waals surface area contributed by atoms with Crippen molar-refractivity contribution in [1.29, 1.82) is 0 Å². The molecule has 0 saturated heterocycles. The summed E-state index contributed by atoms with van der Waals surface area (Å²) in [5.74, 6) is -0.229. The fourth-order valence-corrected chi connectivity index (χ4v) is 2.42. The van der Waals surface area contributed by atoms with Crippen molar-refractivity contribution in [3.63, 3.8) is 0 Å². The number of hydrogen-bond acceptors (Lipinski definition) is 2. The molecule has 0 unspecified atom stereocenters. The number of hydrogen-bond donors (Lipinski definition) is 1. The summed E-state index contributed by atoms with van der Waals surface area (Å²) in [6.45, 7) is 3.32. The van der Waals surface area contributed by atoms with Crippen LogP contribution in [0.25, 0.3) is 0 Å². The van der Waals surface area contributed by atoms with Crippen LogP contribution in [0.5, 0.6) is 0 Å². The lowest BCUT2D eigenvalue weighted by molar-refractivity contribution is 0.628. The fraction of sp³-hybridized carbons (Fsp3) is 0.200. The van der Waals surface area contributed by atoms with Gasteiger partial charge in [0.05, 0.1) is 0 Å². The highest BCUT2D eigenvalue weighted by molar-refractivity contribution is 9.10. The van der Waals surface area contributed by atoms with Crippen molar-refractivity contribution < 1.29 is 4.39 Å². The summed E-state index contributed by atoms with van der Waals surface area (Å²) >= 11 is 3.48. The van der Waals surface area contributed by atoms with Crippen LogP contribution in [0.1, 0.15) is 12.5 Å². The number of nitrogens with two attached hydrogens (primary N) is 1. The van der Waals surface area contributed by atoms with E-state index >= 15 is 0 Å². The molecule has 2 nitrogen and oxygen atoms in total. The Hall–Kier alpha value is -1.39. The van der Waals surface area contributed by atoms with Gasteiger partial charge < -0.3 is 10.6 Å². The summed E-state index contributed by atoms with van der Waals surface area (Å²) in [6, 6.07) is 12.5. The zero-order chi connectivity index (χ0) is 13.8. The van der Waals surface area contributed by atoms with Crippen LogP contribution in [-0.2, 0) is 6.54 Å². The molecule has 0 fully saturated rings. The second-order valence-electron chi connectivity index (χ2n) is 4.20. The predicted octanol–water partition coefficient (Wildman–Crippen LogP) is 4.20.